The van der Waals surface area contributed by atoms with E-state index < -0.39 is 5.91 Å². The third-order valence-corrected chi connectivity index (χ3v) is 4.21. The van der Waals surface area contributed by atoms with Crippen molar-refractivity contribution in [3.63, 3.8) is 0 Å². The number of nitrogens with one attached hydrogen (secondary N) is 2. The van der Waals surface area contributed by atoms with Crippen LogP contribution < -0.4 is 10.6 Å². The van der Waals surface area contributed by atoms with Crippen molar-refractivity contribution >= 4 is 39.5 Å². The molecule has 0 fully saturated rings. The van der Waals surface area contributed by atoms with Crippen LogP contribution in [0.25, 0.3) is 6.08 Å². The summed E-state index contributed by atoms with van der Waals surface area (Å²) in [5.74, 6) is 0.358. The van der Waals surface area contributed by atoms with E-state index in [9.17, 15) is 9.59 Å². The number of hydrogen-bond acceptors (Lipinski definition) is 3. The van der Waals surface area contributed by atoms with Crippen molar-refractivity contribution in [2.45, 2.75) is 6.92 Å². The summed E-state index contributed by atoms with van der Waals surface area (Å²) in [6.45, 7) is 1.81. The summed E-state index contributed by atoms with van der Waals surface area (Å²) in [5.41, 5.74) is 1.15. The van der Waals surface area contributed by atoms with Crippen molar-refractivity contribution in [1.82, 2.24) is 5.32 Å². The van der Waals surface area contributed by atoms with Gasteiger partial charge in [-0.05, 0) is 55.5 Å². The summed E-state index contributed by atoms with van der Waals surface area (Å²) in [4.78, 5) is 25.2. The van der Waals surface area contributed by atoms with Gasteiger partial charge < -0.3 is 15.1 Å². The monoisotopic (exact) mass is 424 g/mol. The Kier molecular flexibility index (Phi) is 5.88. The van der Waals surface area contributed by atoms with Crippen LogP contribution in [0.3, 0.4) is 0 Å². The van der Waals surface area contributed by atoms with Crippen molar-refractivity contribution in [1.29, 1.82) is 0 Å². The average molecular weight is 425 g/mol. The standard InChI is InChI=1S/C21H17BrN2O3/c1-14-7-12-18(27-14)13-19(24-20(25)15-5-3-2-4-6-15)21(26)23-17-10-8-16(22)9-11-17/h2-13H,1H3,(H,23,26)(H,24,25)/b19-13-. The Morgan fingerprint density at radius 1 is 0.963 bits per heavy atom. The number of aryl methyl sites for hydroxylation is 1. The first-order chi connectivity index (χ1) is 13.0. The highest BCUT2D eigenvalue weighted by Crippen LogP contribution is 2.16. The van der Waals surface area contributed by atoms with E-state index in [1.54, 1.807) is 48.5 Å². The number of anilines is 1. The fourth-order valence-electron chi connectivity index (χ4n) is 2.35. The number of halogens is 1. The Balaban J connectivity index is 1.85. The molecule has 0 aliphatic heterocycles. The van der Waals surface area contributed by atoms with Gasteiger partial charge in [0.05, 0.1) is 0 Å². The van der Waals surface area contributed by atoms with Gasteiger partial charge in [0.1, 0.15) is 17.2 Å². The molecule has 2 aromatic carbocycles. The average Bonchev–Trinajstić information content (AvgIpc) is 3.08. The van der Waals surface area contributed by atoms with Gasteiger partial charge >= 0.3 is 0 Å². The summed E-state index contributed by atoms with van der Waals surface area (Å²) in [6.07, 6.45) is 1.50. The maximum atomic E-state index is 12.7. The predicted molar refractivity (Wildman–Crippen MR) is 108 cm³/mol. The van der Waals surface area contributed by atoms with E-state index in [0.717, 1.165) is 4.47 Å². The number of rotatable bonds is 5. The molecule has 0 aliphatic carbocycles. The van der Waals surface area contributed by atoms with Gasteiger partial charge in [0, 0.05) is 21.8 Å². The van der Waals surface area contributed by atoms with Crippen LogP contribution in [0.1, 0.15) is 21.9 Å². The van der Waals surface area contributed by atoms with Crippen LogP contribution in [0, 0.1) is 6.92 Å². The van der Waals surface area contributed by atoms with Gasteiger partial charge in [0.15, 0.2) is 0 Å². The molecular formula is C21H17BrN2O3. The summed E-state index contributed by atoms with van der Waals surface area (Å²) in [6, 6.07) is 19.4. The maximum Gasteiger partial charge on any atom is 0.272 e. The van der Waals surface area contributed by atoms with Crippen LogP contribution in [-0.4, -0.2) is 11.8 Å². The smallest absolute Gasteiger partial charge is 0.272 e. The number of benzene rings is 2. The van der Waals surface area contributed by atoms with Crippen molar-refractivity contribution in [3.8, 4) is 0 Å². The van der Waals surface area contributed by atoms with Crippen LogP contribution in [0.5, 0.6) is 0 Å². The zero-order chi connectivity index (χ0) is 19.2. The highest BCUT2D eigenvalue weighted by molar-refractivity contribution is 9.10. The summed E-state index contributed by atoms with van der Waals surface area (Å²) in [5, 5.41) is 5.43. The lowest BCUT2D eigenvalue weighted by molar-refractivity contribution is -0.113. The third kappa shape index (κ3) is 5.18. The zero-order valence-electron chi connectivity index (χ0n) is 14.5. The molecule has 0 saturated heterocycles. The normalized spacial score (nSPS) is 11.1. The first kappa shape index (κ1) is 18.7. The van der Waals surface area contributed by atoms with Crippen LogP contribution in [0.15, 0.2) is 81.3 Å². The predicted octanol–water partition coefficient (Wildman–Crippen LogP) is 4.76. The largest absolute Gasteiger partial charge is 0.462 e. The molecule has 27 heavy (non-hydrogen) atoms. The van der Waals surface area contributed by atoms with E-state index in [2.05, 4.69) is 26.6 Å². The molecule has 0 radical (unpaired) electrons. The highest BCUT2D eigenvalue weighted by atomic mass is 79.9. The van der Waals surface area contributed by atoms with Gasteiger partial charge in [0.25, 0.3) is 11.8 Å². The number of amides is 2. The van der Waals surface area contributed by atoms with Crippen LogP contribution >= 0.6 is 15.9 Å². The van der Waals surface area contributed by atoms with Crippen molar-refractivity contribution in [2.24, 2.45) is 0 Å². The SMILES string of the molecule is Cc1ccc(/C=C(\NC(=O)c2ccccc2)C(=O)Nc2ccc(Br)cc2)o1. The molecule has 2 amide bonds. The second kappa shape index (κ2) is 8.51. The molecule has 5 nitrogen and oxygen atoms in total. The second-order valence-electron chi connectivity index (χ2n) is 5.79. The van der Waals surface area contributed by atoms with Crippen molar-refractivity contribution in [2.75, 3.05) is 5.32 Å². The maximum absolute atomic E-state index is 12.7. The molecule has 0 bridgehead atoms. The Labute approximate surface area is 165 Å². The minimum atomic E-state index is -0.448. The first-order valence-electron chi connectivity index (χ1n) is 8.23. The van der Waals surface area contributed by atoms with E-state index in [0.29, 0.717) is 22.8 Å². The lowest BCUT2D eigenvalue weighted by Gasteiger charge is -2.11. The lowest BCUT2D eigenvalue weighted by atomic mass is 10.2. The molecule has 0 aliphatic rings. The molecule has 0 saturated carbocycles. The minimum Gasteiger partial charge on any atom is -0.462 e. The molecule has 1 aromatic heterocycles. The van der Waals surface area contributed by atoms with E-state index in [4.69, 9.17) is 4.42 Å². The number of hydrogen-bond donors (Lipinski definition) is 2. The molecular weight excluding hydrogens is 408 g/mol. The van der Waals surface area contributed by atoms with Gasteiger partial charge in [0.2, 0.25) is 0 Å². The summed E-state index contributed by atoms with van der Waals surface area (Å²) < 4.78 is 6.41. The molecule has 136 valence electrons. The summed E-state index contributed by atoms with van der Waals surface area (Å²) in [7, 11) is 0. The molecule has 3 aromatic rings. The van der Waals surface area contributed by atoms with Gasteiger partial charge in [-0.1, -0.05) is 34.1 Å². The topological polar surface area (TPSA) is 71.3 Å². The summed E-state index contributed by atoms with van der Waals surface area (Å²) >= 11 is 3.35. The fourth-order valence-corrected chi connectivity index (χ4v) is 2.61. The lowest BCUT2D eigenvalue weighted by Crippen LogP contribution is -2.30. The van der Waals surface area contributed by atoms with Crippen LogP contribution in [0.2, 0.25) is 0 Å². The van der Waals surface area contributed by atoms with E-state index in [-0.39, 0.29) is 11.6 Å². The number of carbonyl (C=O) groups excluding carboxylic acids is 2. The van der Waals surface area contributed by atoms with E-state index in [1.165, 1.54) is 6.08 Å². The van der Waals surface area contributed by atoms with Crippen molar-refractivity contribution in [3.05, 3.63) is 94.0 Å². The second-order valence-corrected chi connectivity index (χ2v) is 6.70. The third-order valence-electron chi connectivity index (χ3n) is 3.68. The number of furan rings is 1. The van der Waals surface area contributed by atoms with Gasteiger partial charge in [-0.25, -0.2) is 0 Å². The molecule has 3 rings (SSSR count). The van der Waals surface area contributed by atoms with Gasteiger partial charge in [-0.2, -0.15) is 0 Å². The quantitative estimate of drug-likeness (QED) is 0.579. The minimum absolute atomic E-state index is 0.0844. The van der Waals surface area contributed by atoms with Gasteiger partial charge in [-0.15, -0.1) is 0 Å². The first-order valence-corrected chi connectivity index (χ1v) is 9.02. The van der Waals surface area contributed by atoms with Crippen molar-refractivity contribution < 1.29 is 14.0 Å². The molecule has 0 spiro atoms. The van der Waals surface area contributed by atoms with E-state index >= 15 is 0 Å². The highest BCUT2D eigenvalue weighted by Gasteiger charge is 2.15. The molecule has 2 N–H and O–H groups in total. The van der Waals surface area contributed by atoms with E-state index in [1.807, 2.05) is 25.1 Å². The Morgan fingerprint density at radius 2 is 1.67 bits per heavy atom. The molecule has 6 heteroatoms. The zero-order valence-corrected chi connectivity index (χ0v) is 16.1. The molecule has 1 heterocycles. The van der Waals surface area contributed by atoms with Crippen LogP contribution in [0.4, 0.5) is 5.69 Å². The Bertz CT molecular complexity index is 976. The Hall–Kier alpha value is -3.12. The van der Waals surface area contributed by atoms with Crippen LogP contribution in [-0.2, 0) is 4.79 Å². The molecule has 0 unspecified atom stereocenters. The molecule has 0 atom stereocenters. The Morgan fingerprint density at radius 3 is 2.30 bits per heavy atom. The fraction of sp³-hybridized carbons (Fsp3) is 0.0476. The van der Waals surface area contributed by atoms with Gasteiger partial charge in [-0.3, -0.25) is 9.59 Å². The number of carbonyl (C=O) groups is 2.